The van der Waals surface area contributed by atoms with Crippen molar-refractivity contribution in [1.29, 1.82) is 0 Å². The van der Waals surface area contributed by atoms with Crippen LogP contribution in [0, 0.1) is 6.92 Å². The Morgan fingerprint density at radius 3 is 2.42 bits per heavy atom. The Bertz CT molecular complexity index is 672. The lowest BCUT2D eigenvalue weighted by atomic mass is 10.1. The van der Waals surface area contributed by atoms with Gasteiger partial charge in [-0.05, 0) is 49.2 Å². The van der Waals surface area contributed by atoms with Gasteiger partial charge in [-0.15, -0.1) is 24.0 Å². The van der Waals surface area contributed by atoms with Crippen molar-refractivity contribution in [3.8, 4) is 11.5 Å². The van der Waals surface area contributed by atoms with Crippen LogP contribution in [0.1, 0.15) is 11.1 Å². The lowest BCUT2D eigenvalue weighted by Gasteiger charge is -2.10. The largest absolute Gasteiger partial charge is 0.497 e. The Hall–Kier alpha value is -1.96. The molecular formula is C18H24IN3O2. The number of rotatable bonds is 6. The minimum atomic E-state index is 0. The van der Waals surface area contributed by atoms with E-state index in [-0.39, 0.29) is 24.0 Å². The Morgan fingerprint density at radius 2 is 1.79 bits per heavy atom. The Kier molecular flexibility index (Phi) is 8.39. The lowest BCUT2D eigenvalue weighted by Crippen LogP contribution is -2.23. The van der Waals surface area contributed by atoms with Gasteiger partial charge in [0.2, 0.25) is 0 Å². The van der Waals surface area contributed by atoms with Crippen molar-refractivity contribution in [3.05, 3.63) is 53.6 Å². The molecule has 3 N–H and O–H groups in total. The van der Waals surface area contributed by atoms with Gasteiger partial charge in [-0.1, -0.05) is 17.7 Å². The van der Waals surface area contributed by atoms with Crippen LogP contribution in [0.25, 0.3) is 0 Å². The highest BCUT2D eigenvalue weighted by molar-refractivity contribution is 14.0. The minimum absolute atomic E-state index is 0. The Labute approximate surface area is 160 Å². The first-order chi connectivity index (χ1) is 11.1. The third kappa shape index (κ3) is 5.92. The number of methoxy groups -OCH3 is 2. The highest BCUT2D eigenvalue weighted by Gasteiger charge is 2.04. The molecule has 0 amide bonds. The number of guanidine groups is 1. The van der Waals surface area contributed by atoms with E-state index in [1.165, 1.54) is 5.56 Å². The fraction of sp³-hybridized carbons (Fsp3) is 0.278. The summed E-state index contributed by atoms with van der Waals surface area (Å²) in [5, 5.41) is 3.08. The van der Waals surface area contributed by atoms with E-state index in [0.29, 0.717) is 12.5 Å². The number of ether oxygens (including phenoxy) is 2. The van der Waals surface area contributed by atoms with Gasteiger partial charge >= 0.3 is 0 Å². The number of nitrogens with one attached hydrogen (secondary N) is 1. The molecule has 0 fully saturated rings. The van der Waals surface area contributed by atoms with Gasteiger partial charge in [-0.25, -0.2) is 0 Å². The van der Waals surface area contributed by atoms with Crippen molar-refractivity contribution in [2.45, 2.75) is 13.3 Å². The molecule has 2 aromatic rings. The maximum Gasteiger partial charge on any atom is 0.193 e. The second-order valence-electron chi connectivity index (χ2n) is 5.19. The first-order valence-corrected chi connectivity index (χ1v) is 7.47. The molecule has 2 aromatic carbocycles. The number of hydrogen-bond donors (Lipinski definition) is 2. The van der Waals surface area contributed by atoms with Gasteiger partial charge in [0, 0.05) is 12.2 Å². The molecule has 0 saturated carbocycles. The summed E-state index contributed by atoms with van der Waals surface area (Å²) in [5.74, 6) is 2.03. The predicted molar refractivity (Wildman–Crippen MR) is 110 cm³/mol. The zero-order chi connectivity index (χ0) is 16.7. The lowest BCUT2D eigenvalue weighted by molar-refractivity contribution is 0.399. The van der Waals surface area contributed by atoms with Gasteiger partial charge in [0.15, 0.2) is 5.96 Å². The molecule has 0 saturated heterocycles. The van der Waals surface area contributed by atoms with Crippen LogP contribution in [-0.4, -0.2) is 26.7 Å². The quantitative estimate of drug-likeness (QED) is 0.409. The van der Waals surface area contributed by atoms with E-state index in [9.17, 15) is 0 Å². The molecule has 0 aliphatic rings. The maximum atomic E-state index is 5.92. The fourth-order valence-electron chi connectivity index (χ4n) is 2.20. The van der Waals surface area contributed by atoms with E-state index < -0.39 is 0 Å². The van der Waals surface area contributed by atoms with E-state index in [0.717, 1.165) is 29.2 Å². The summed E-state index contributed by atoms with van der Waals surface area (Å²) in [5.41, 5.74) is 9.09. The molecule has 0 radical (unpaired) electrons. The van der Waals surface area contributed by atoms with Gasteiger partial charge in [0.25, 0.3) is 0 Å². The Morgan fingerprint density at radius 1 is 1.08 bits per heavy atom. The van der Waals surface area contributed by atoms with Crippen molar-refractivity contribution in [1.82, 2.24) is 0 Å². The van der Waals surface area contributed by atoms with Gasteiger partial charge in [-0.2, -0.15) is 0 Å². The molecule has 0 aromatic heterocycles. The molecule has 24 heavy (non-hydrogen) atoms. The number of halogens is 1. The summed E-state index contributed by atoms with van der Waals surface area (Å²) in [6.45, 7) is 2.61. The van der Waals surface area contributed by atoms with Crippen LogP contribution in [0.5, 0.6) is 11.5 Å². The number of hydrogen-bond acceptors (Lipinski definition) is 3. The number of aryl methyl sites for hydroxylation is 1. The first kappa shape index (κ1) is 20.1. The van der Waals surface area contributed by atoms with Gasteiger partial charge in [0.1, 0.15) is 11.5 Å². The van der Waals surface area contributed by atoms with Crippen molar-refractivity contribution in [2.75, 3.05) is 26.1 Å². The monoisotopic (exact) mass is 441 g/mol. The topological polar surface area (TPSA) is 68.9 Å². The van der Waals surface area contributed by atoms with E-state index in [1.807, 2.05) is 49.4 Å². The van der Waals surface area contributed by atoms with Crippen LogP contribution in [0.2, 0.25) is 0 Å². The van der Waals surface area contributed by atoms with E-state index in [4.69, 9.17) is 15.2 Å². The minimum Gasteiger partial charge on any atom is -0.497 e. The molecule has 0 atom stereocenters. The number of nitrogens with two attached hydrogens (primary N) is 1. The number of aliphatic imine (C=N–C) groups is 1. The van der Waals surface area contributed by atoms with Crippen molar-refractivity contribution < 1.29 is 9.47 Å². The molecule has 0 aliphatic carbocycles. The average molecular weight is 441 g/mol. The molecule has 2 rings (SSSR count). The summed E-state index contributed by atoms with van der Waals surface area (Å²) in [6.07, 6.45) is 0.719. The van der Waals surface area contributed by atoms with Crippen molar-refractivity contribution in [3.63, 3.8) is 0 Å². The first-order valence-electron chi connectivity index (χ1n) is 7.47. The second kappa shape index (κ2) is 10.0. The van der Waals surface area contributed by atoms with Crippen molar-refractivity contribution in [2.24, 2.45) is 10.7 Å². The highest BCUT2D eigenvalue weighted by atomic mass is 127. The van der Waals surface area contributed by atoms with Gasteiger partial charge < -0.3 is 20.5 Å². The fourth-order valence-corrected chi connectivity index (χ4v) is 2.20. The third-order valence-electron chi connectivity index (χ3n) is 3.47. The van der Waals surface area contributed by atoms with E-state index in [2.05, 4.69) is 10.3 Å². The molecule has 0 aliphatic heterocycles. The number of benzene rings is 2. The molecule has 0 heterocycles. The summed E-state index contributed by atoms with van der Waals surface area (Å²) in [6, 6.07) is 13.7. The molecule has 130 valence electrons. The average Bonchev–Trinajstić information content (AvgIpc) is 2.57. The number of nitrogens with zero attached hydrogens (tertiary/aromatic N) is 1. The summed E-state index contributed by atoms with van der Waals surface area (Å²) in [4.78, 5) is 4.35. The highest BCUT2D eigenvalue weighted by Crippen LogP contribution is 2.24. The zero-order valence-electron chi connectivity index (χ0n) is 14.2. The summed E-state index contributed by atoms with van der Waals surface area (Å²) in [7, 11) is 3.30. The second-order valence-corrected chi connectivity index (χ2v) is 5.19. The van der Waals surface area contributed by atoms with Crippen LogP contribution >= 0.6 is 24.0 Å². The standard InChI is InChI=1S/C18H23N3O2.HI/c1-13-4-6-15(7-5-13)21-18(19)20-11-10-14-12-16(22-2)8-9-17(14)23-3;/h4-9,12H,10-11H2,1-3H3,(H3,19,20,21);1H. The molecule has 0 bridgehead atoms. The third-order valence-corrected chi connectivity index (χ3v) is 3.47. The van der Waals surface area contributed by atoms with Crippen LogP contribution in [0.3, 0.4) is 0 Å². The molecule has 0 unspecified atom stereocenters. The molecule has 5 nitrogen and oxygen atoms in total. The Balaban J connectivity index is 0.00000288. The zero-order valence-corrected chi connectivity index (χ0v) is 16.5. The predicted octanol–water partition coefficient (Wildman–Crippen LogP) is 3.60. The summed E-state index contributed by atoms with van der Waals surface area (Å²) >= 11 is 0. The van der Waals surface area contributed by atoms with Crippen molar-refractivity contribution >= 4 is 35.6 Å². The molecule has 0 spiro atoms. The normalized spacial score (nSPS) is 10.7. The van der Waals surface area contributed by atoms with Crippen LogP contribution in [0.4, 0.5) is 5.69 Å². The van der Waals surface area contributed by atoms with Gasteiger partial charge in [0.05, 0.1) is 14.2 Å². The smallest absolute Gasteiger partial charge is 0.193 e. The number of anilines is 1. The SMILES string of the molecule is COc1ccc(OC)c(CCN=C(N)Nc2ccc(C)cc2)c1.I. The molecule has 6 heteroatoms. The summed E-state index contributed by atoms with van der Waals surface area (Å²) < 4.78 is 10.6. The van der Waals surface area contributed by atoms with Crippen LogP contribution < -0.4 is 20.5 Å². The van der Waals surface area contributed by atoms with E-state index in [1.54, 1.807) is 14.2 Å². The van der Waals surface area contributed by atoms with Crippen LogP contribution in [-0.2, 0) is 6.42 Å². The van der Waals surface area contributed by atoms with Gasteiger partial charge in [-0.3, -0.25) is 4.99 Å². The maximum absolute atomic E-state index is 5.92. The van der Waals surface area contributed by atoms with E-state index >= 15 is 0 Å². The van der Waals surface area contributed by atoms with Crippen LogP contribution in [0.15, 0.2) is 47.5 Å². The molecular weight excluding hydrogens is 417 g/mol.